The van der Waals surface area contributed by atoms with E-state index in [0.717, 1.165) is 11.1 Å². The molecule has 2 aromatic carbocycles. The van der Waals surface area contributed by atoms with Crippen LogP contribution in [-0.2, 0) is 6.61 Å². The summed E-state index contributed by atoms with van der Waals surface area (Å²) in [5.74, 6) is 0.685. The van der Waals surface area contributed by atoms with Gasteiger partial charge in [0.05, 0.1) is 0 Å². The van der Waals surface area contributed by atoms with E-state index in [1.54, 1.807) is 0 Å². The number of nitrogens with zero attached hydrogens (tertiary/aromatic N) is 3. The average molecular weight is 311 g/mol. The second-order valence-electron chi connectivity index (χ2n) is 4.59. The van der Waals surface area contributed by atoms with Crippen LogP contribution in [0.25, 0.3) is 11.3 Å². The fourth-order valence-electron chi connectivity index (χ4n) is 2.03. The molecule has 108 valence electrons. The van der Waals surface area contributed by atoms with Crippen molar-refractivity contribution in [1.29, 1.82) is 5.26 Å². The Balaban J connectivity index is 1.79. The van der Waals surface area contributed by atoms with E-state index in [4.69, 9.17) is 21.6 Å². The van der Waals surface area contributed by atoms with E-state index in [1.165, 1.54) is 0 Å². The van der Waals surface area contributed by atoms with Crippen LogP contribution in [0.5, 0.6) is 5.75 Å². The zero-order valence-electron chi connectivity index (χ0n) is 11.5. The molecule has 0 unspecified atom stereocenters. The minimum Gasteiger partial charge on any atom is -0.489 e. The van der Waals surface area contributed by atoms with Crippen molar-refractivity contribution in [3.8, 4) is 23.1 Å². The molecule has 6 heteroatoms. The highest BCUT2D eigenvalue weighted by atomic mass is 35.5. The van der Waals surface area contributed by atoms with Crippen molar-refractivity contribution in [3.63, 3.8) is 0 Å². The van der Waals surface area contributed by atoms with E-state index in [1.807, 2.05) is 54.6 Å². The lowest BCUT2D eigenvalue weighted by Crippen LogP contribution is -1.95. The molecule has 0 aliphatic heterocycles. The number of aromatic nitrogens is 3. The van der Waals surface area contributed by atoms with Crippen molar-refractivity contribution >= 4 is 11.6 Å². The molecule has 0 atom stereocenters. The molecule has 0 aliphatic carbocycles. The summed E-state index contributed by atoms with van der Waals surface area (Å²) in [5, 5.41) is 19.8. The van der Waals surface area contributed by atoms with Crippen LogP contribution in [-0.4, -0.2) is 15.4 Å². The van der Waals surface area contributed by atoms with Gasteiger partial charge in [0.2, 0.25) is 0 Å². The quantitative estimate of drug-likeness (QED) is 0.799. The minimum absolute atomic E-state index is 0.326. The summed E-state index contributed by atoms with van der Waals surface area (Å²) in [6.45, 7) is 0.411. The van der Waals surface area contributed by atoms with Gasteiger partial charge in [0.25, 0.3) is 0 Å². The monoisotopic (exact) mass is 310 g/mol. The van der Waals surface area contributed by atoms with Crippen LogP contribution in [0.1, 0.15) is 11.3 Å². The molecule has 0 saturated heterocycles. The third-order valence-corrected chi connectivity index (χ3v) is 3.30. The summed E-state index contributed by atoms with van der Waals surface area (Å²) in [6, 6.07) is 16.9. The first-order valence-corrected chi connectivity index (χ1v) is 6.93. The van der Waals surface area contributed by atoms with Crippen molar-refractivity contribution in [1.82, 2.24) is 15.4 Å². The summed E-state index contributed by atoms with van der Waals surface area (Å²) in [4.78, 5) is 0. The Morgan fingerprint density at radius 1 is 1.18 bits per heavy atom. The smallest absolute Gasteiger partial charge is 0.163 e. The third kappa shape index (κ3) is 3.08. The van der Waals surface area contributed by atoms with E-state index >= 15 is 0 Å². The molecule has 3 aromatic rings. The van der Waals surface area contributed by atoms with Crippen molar-refractivity contribution in [2.24, 2.45) is 0 Å². The van der Waals surface area contributed by atoms with Gasteiger partial charge in [-0.25, -0.2) is 5.10 Å². The number of benzene rings is 2. The lowest BCUT2D eigenvalue weighted by atomic mass is 10.1. The fourth-order valence-corrected chi connectivity index (χ4v) is 2.25. The van der Waals surface area contributed by atoms with Crippen LogP contribution in [0.4, 0.5) is 0 Å². The van der Waals surface area contributed by atoms with Gasteiger partial charge in [0, 0.05) is 10.6 Å². The molecule has 0 saturated carbocycles. The normalized spacial score (nSPS) is 10.2. The zero-order chi connectivity index (χ0) is 15.4. The molecule has 0 radical (unpaired) electrons. The van der Waals surface area contributed by atoms with Crippen LogP contribution in [0, 0.1) is 11.3 Å². The predicted molar refractivity (Wildman–Crippen MR) is 82.3 cm³/mol. The largest absolute Gasteiger partial charge is 0.489 e. The van der Waals surface area contributed by atoms with Gasteiger partial charge in [-0.2, -0.15) is 5.26 Å². The summed E-state index contributed by atoms with van der Waals surface area (Å²) in [7, 11) is 0. The maximum Gasteiger partial charge on any atom is 0.163 e. The Hall–Kier alpha value is -2.84. The lowest BCUT2D eigenvalue weighted by molar-refractivity contribution is 0.306. The Morgan fingerprint density at radius 3 is 2.86 bits per heavy atom. The first kappa shape index (κ1) is 14.1. The lowest BCUT2D eigenvalue weighted by Gasteiger charge is -2.07. The Bertz CT molecular complexity index is 838. The number of H-pyrrole nitrogens is 1. The molecule has 1 N–H and O–H groups in total. The van der Waals surface area contributed by atoms with Crippen LogP contribution in [0.2, 0.25) is 5.02 Å². The van der Waals surface area contributed by atoms with Crippen molar-refractivity contribution in [2.45, 2.75) is 6.61 Å². The van der Waals surface area contributed by atoms with E-state index in [0.29, 0.717) is 28.8 Å². The van der Waals surface area contributed by atoms with E-state index < -0.39 is 0 Å². The fraction of sp³-hybridized carbons (Fsp3) is 0.0625. The van der Waals surface area contributed by atoms with Gasteiger partial charge in [-0.1, -0.05) is 41.1 Å². The molecule has 1 heterocycles. The van der Waals surface area contributed by atoms with Gasteiger partial charge < -0.3 is 4.74 Å². The average Bonchev–Trinajstić information content (AvgIpc) is 3.02. The van der Waals surface area contributed by atoms with Gasteiger partial charge in [-0.15, -0.1) is 5.10 Å². The van der Waals surface area contributed by atoms with Crippen LogP contribution in [0.3, 0.4) is 0 Å². The molecule has 3 rings (SSSR count). The molecule has 5 nitrogen and oxygen atoms in total. The summed E-state index contributed by atoms with van der Waals surface area (Å²) < 4.78 is 5.76. The summed E-state index contributed by atoms with van der Waals surface area (Å²) >= 11 is 5.95. The Kier molecular flexibility index (Phi) is 4.03. The summed E-state index contributed by atoms with van der Waals surface area (Å²) in [5.41, 5.74) is 2.59. The highest BCUT2D eigenvalue weighted by Gasteiger charge is 2.10. The number of nitrogens with one attached hydrogen (secondary N) is 1. The van der Waals surface area contributed by atoms with E-state index in [-0.39, 0.29) is 0 Å². The van der Waals surface area contributed by atoms with Gasteiger partial charge in [0.1, 0.15) is 24.1 Å². The van der Waals surface area contributed by atoms with Crippen molar-refractivity contribution in [3.05, 3.63) is 64.8 Å². The predicted octanol–water partition coefficient (Wildman–Crippen LogP) is 3.58. The number of halogens is 1. The van der Waals surface area contributed by atoms with Crippen LogP contribution < -0.4 is 4.74 Å². The summed E-state index contributed by atoms with van der Waals surface area (Å²) in [6.07, 6.45) is 0. The minimum atomic E-state index is 0.326. The Labute approximate surface area is 132 Å². The topological polar surface area (TPSA) is 74.6 Å². The number of rotatable bonds is 4. The maximum absolute atomic E-state index is 9.01. The molecule has 0 aliphatic rings. The second kappa shape index (κ2) is 6.29. The molecule has 1 aromatic heterocycles. The van der Waals surface area contributed by atoms with E-state index in [9.17, 15) is 0 Å². The number of ether oxygens (including phenoxy) is 1. The zero-order valence-corrected chi connectivity index (χ0v) is 12.2. The van der Waals surface area contributed by atoms with Crippen molar-refractivity contribution in [2.75, 3.05) is 0 Å². The van der Waals surface area contributed by atoms with Crippen molar-refractivity contribution < 1.29 is 4.74 Å². The number of hydrogen-bond acceptors (Lipinski definition) is 4. The van der Waals surface area contributed by atoms with E-state index in [2.05, 4.69) is 15.4 Å². The highest BCUT2D eigenvalue weighted by molar-refractivity contribution is 6.30. The maximum atomic E-state index is 9.01. The highest BCUT2D eigenvalue weighted by Crippen LogP contribution is 2.24. The first-order valence-electron chi connectivity index (χ1n) is 6.55. The third-order valence-electron chi connectivity index (χ3n) is 3.06. The molecule has 0 fully saturated rings. The molecule has 0 amide bonds. The molecular weight excluding hydrogens is 300 g/mol. The molecular formula is C16H11ClN4O. The number of hydrogen-bond donors (Lipinski definition) is 1. The standard InChI is InChI=1S/C16H11ClN4O/c17-13-5-1-3-11(7-13)10-22-14-6-2-4-12(8-14)16-15(9-18)19-21-20-16/h1-8H,10H2,(H,19,20,21). The Morgan fingerprint density at radius 2 is 2.05 bits per heavy atom. The van der Waals surface area contributed by atoms with Gasteiger partial charge in [0.15, 0.2) is 5.69 Å². The van der Waals surface area contributed by atoms with Gasteiger partial charge in [-0.3, -0.25) is 0 Å². The molecule has 0 bridgehead atoms. The first-order chi connectivity index (χ1) is 10.8. The molecule has 22 heavy (non-hydrogen) atoms. The van der Waals surface area contributed by atoms with Crippen LogP contribution >= 0.6 is 11.6 Å². The molecule has 0 spiro atoms. The second-order valence-corrected chi connectivity index (χ2v) is 5.03. The number of nitriles is 1. The number of aromatic amines is 1. The SMILES string of the molecule is N#Cc1[nH]nnc1-c1cccc(OCc2cccc(Cl)c2)c1. The van der Waals surface area contributed by atoms with Crippen LogP contribution in [0.15, 0.2) is 48.5 Å². The van der Waals surface area contributed by atoms with Gasteiger partial charge in [-0.05, 0) is 29.8 Å². The van der Waals surface area contributed by atoms with Gasteiger partial charge >= 0.3 is 0 Å².